The summed E-state index contributed by atoms with van der Waals surface area (Å²) >= 11 is 0. The third kappa shape index (κ3) is 6.29. The molecule has 20 heavy (non-hydrogen) atoms. The summed E-state index contributed by atoms with van der Waals surface area (Å²) < 4.78 is 15.3. The van der Waals surface area contributed by atoms with Crippen molar-refractivity contribution in [3.05, 3.63) is 18.2 Å². The van der Waals surface area contributed by atoms with Crippen molar-refractivity contribution in [3.8, 4) is 11.5 Å². The predicted molar refractivity (Wildman–Crippen MR) is 91.6 cm³/mol. The Morgan fingerprint density at radius 3 is 2.60 bits per heavy atom. The number of ether oxygens (including phenoxy) is 3. The highest BCUT2D eigenvalue weighted by Crippen LogP contribution is 2.28. The van der Waals surface area contributed by atoms with Crippen molar-refractivity contribution in [3.63, 3.8) is 0 Å². The van der Waals surface area contributed by atoms with Gasteiger partial charge in [0.1, 0.15) is 11.5 Å². The van der Waals surface area contributed by atoms with Crippen LogP contribution in [0.25, 0.3) is 0 Å². The molecule has 0 radical (unpaired) electrons. The normalized spacial score (nSPS) is 10.7. The van der Waals surface area contributed by atoms with Crippen LogP contribution < -0.4 is 20.5 Å². The van der Waals surface area contributed by atoms with Gasteiger partial charge in [-0.3, -0.25) is 4.99 Å². The van der Waals surface area contributed by atoms with E-state index < -0.39 is 0 Å². The SMILES string of the molecule is COCCCN=C(N)Nc1cc(OC)ccc1OC.I. The van der Waals surface area contributed by atoms with Gasteiger partial charge in [-0.25, -0.2) is 0 Å². The Kier molecular flexibility index (Phi) is 9.91. The summed E-state index contributed by atoms with van der Waals surface area (Å²) in [7, 11) is 4.86. The van der Waals surface area contributed by atoms with Crippen molar-refractivity contribution < 1.29 is 14.2 Å². The number of nitrogens with zero attached hydrogens (tertiary/aromatic N) is 1. The summed E-state index contributed by atoms with van der Waals surface area (Å²) in [5.74, 6) is 1.73. The van der Waals surface area contributed by atoms with Crippen molar-refractivity contribution in [2.24, 2.45) is 10.7 Å². The van der Waals surface area contributed by atoms with Gasteiger partial charge in [-0.05, 0) is 18.6 Å². The lowest BCUT2D eigenvalue weighted by Gasteiger charge is -2.12. The molecule has 7 heteroatoms. The zero-order valence-electron chi connectivity index (χ0n) is 12.0. The van der Waals surface area contributed by atoms with E-state index in [0.29, 0.717) is 24.9 Å². The van der Waals surface area contributed by atoms with E-state index in [0.717, 1.165) is 17.9 Å². The lowest BCUT2D eigenvalue weighted by atomic mass is 10.2. The minimum atomic E-state index is 0. The molecule has 0 fully saturated rings. The molecule has 1 rings (SSSR count). The number of anilines is 1. The van der Waals surface area contributed by atoms with Gasteiger partial charge in [-0.2, -0.15) is 0 Å². The minimum absolute atomic E-state index is 0. The van der Waals surface area contributed by atoms with Gasteiger partial charge in [-0.1, -0.05) is 0 Å². The molecule has 3 N–H and O–H groups in total. The van der Waals surface area contributed by atoms with Crippen molar-refractivity contribution in [2.75, 3.05) is 39.8 Å². The molecular formula is C13H22IN3O3. The first-order valence-corrected chi connectivity index (χ1v) is 5.99. The second kappa shape index (κ2) is 10.6. The molecular weight excluding hydrogens is 373 g/mol. The van der Waals surface area contributed by atoms with Crippen LogP contribution in [0, 0.1) is 0 Å². The number of rotatable bonds is 7. The first kappa shape index (κ1) is 18.8. The Morgan fingerprint density at radius 1 is 1.25 bits per heavy atom. The Hall–Kier alpha value is -1.22. The molecule has 6 nitrogen and oxygen atoms in total. The molecule has 0 unspecified atom stereocenters. The molecule has 0 amide bonds. The smallest absolute Gasteiger partial charge is 0.193 e. The lowest BCUT2D eigenvalue weighted by Crippen LogP contribution is -2.23. The fourth-order valence-electron chi connectivity index (χ4n) is 1.50. The third-order valence-corrected chi connectivity index (χ3v) is 2.46. The van der Waals surface area contributed by atoms with Gasteiger partial charge in [0.25, 0.3) is 0 Å². The number of nitrogens with two attached hydrogens (primary N) is 1. The van der Waals surface area contributed by atoms with Crippen LogP contribution in [0.1, 0.15) is 6.42 Å². The molecule has 1 aromatic carbocycles. The molecule has 1 aromatic rings. The standard InChI is InChI=1S/C13H21N3O3.HI/c1-17-8-4-7-15-13(14)16-11-9-10(18-2)5-6-12(11)19-3;/h5-6,9H,4,7-8H2,1-3H3,(H3,14,15,16);1H. The fourth-order valence-corrected chi connectivity index (χ4v) is 1.50. The number of aliphatic imine (C=N–C) groups is 1. The van der Waals surface area contributed by atoms with Crippen LogP contribution in [0.5, 0.6) is 11.5 Å². The first-order chi connectivity index (χ1) is 9.21. The molecule has 0 heterocycles. The second-order valence-electron chi connectivity index (χ2n) is 3.80. The molecule has 0 atom stereocenters. The number of halogens is 1. The topological polar surface area (TPSA) is 78.1 Å². The number of benzene rings is 1. The second-order valence-corrected chi connectivity index (χ2v) is 3.80. The minimum Gasteiger partial charge on any atom is -0.497 e. The van der Waals surface area contributed by atoms with E-state index in [1.807, 2.05) is 6.07 Å². The Balaban J connectivity index is 0.00000361. The van der Waals surface area contributed by atoms with Crippen LogP contribution >= 0.6 is 24.0 Å². The summed E-state index contributed by atoms with van der Waals surface area (Å²) in [6, 6.07) is 5.42. The number of nitrogens with one attached hydrogen (secondary N) is 1. The van der Waals surface area contributed by atoms with E-state index in [1.165, 1.54) is 0 Å². The molecule has 0 aromatic heterocycles. The maximum absolute atomic E-state index is 5.80. The Labute approximate surface area is 136 Å². The maximum atomic E-state index is 5.80. The first-order valence-electron chi connectivity index (χ1n) is 5.99. The molecule has 0 aliphatic carbocycles. The van der Waals surface area contributed by atoms with Crippen molar-refractivity contribution in [1.29, 1.82) is 0 Å². The number of hydrogen-bond acceptors (Lipinski definition) is 4. The number of hydrogen-bond donors (Lipinski definition) is 2. The number of methoxy groups -OCH3 is 3. The van der Waals surface area contributed by atoms with Crippen LogP contribution in [0.2, 0.25) is 0 Å². The van der Waals surface area contributed by atoms with Gasteiger partial charge in [0.15, 0.2) is 5.96 Å². The average molecular weight is 395 g/mol. The van der Waals surface area contributed by atoms with E-state index in [4.69, 9.17) is 19.9 Å². The van der Waals surface area contributed by atoms with E-state index in [2.05, 4.69) is 10.3 Å². The van der Waals surface area contributed by atoms with Crippen molar-refractivity contribution in [1.82, 2.24) is 0 Å². The zero-order chi connectivity index (χ0) is 14.1. The molecule has 0 aliphatic rings. The Morgan fingerprint density at radius 2 is 2.00 bits per heavy atom. The van der Waals surface area contributed by atoms with Crippen LogP contribution in [0.3, 0.4) is 0 Å². The van der Waals surface area contributed by atoms with Gasteiger partial charge >= 0.3 is 0 Å². The molecule has 0 saturated heterocycles. The molecule has 0 bridgehead atoms. The predicted octanol–water partition coefficient (Wildman–Crippen LogP) is 2.08. The van der Waals surface area contributed by atoms with E-state index in [1.54, 1.807) is 33.5 Å². The van der Waals surface area contributed by atoms with Crippen LogP contribution in [-0.2, 0) is 4.74 Å². The largest absolute Gasteiger partial charge is 0.497 e. The van der Waals surface area contributed by atoms with Gasteiger partial charge in [0.2, 0.25) is 0 Å². The van der Waals surface area contributed by atoms with Gasteiger partial charge in [-0.15, -0.1) is 24.0 Å². The van der Waals surface area contributed by atoms with Crippen LogP contribution in [0.15, 0.2) is 23.2 Å². The molecule has 0 aliphatic heterocycles. The van der Waals surface area contributed by atoms with Gasteiger partial charge in [0.05, 0.1) is 19.9 Å². The lowest BCUT2D eigenvalue weighted by molar-refractivity contribution is 0.197. The summed E-state index contributed by atoms with van der Waals surface area (Å²) in [6.07, 6.45) is 0.828. The zero-order valence-corrected chi connectivity index (χ0v) is 14.3. The highest BCUT2D eigenvalue weighted by molar-refractivity contribution is 14.0. The number of guanidine groups is 1. The van der Waals surface area contributed by atoms with Crippen molar-refractivity contribution in [2.45, 2.75) is 6.42 Å². The fraction of sp³-hybridized carbons (Fsp3) is 0.462. The van der Waals surface area contributed by atoms with Crippen LogP contribution in [-0.4, -0.2) is 40.4 Å². The highest BCUT2D eigenvalue weighted by atomic mass is 127. The quantitative estimate of drug-likeness (QED) is 0.320. The third-order valence-electron chi connectivity index (χ3n) is 2.46. The summed E-state index contributed by atoms with van der Waals surface area (Å²) in [6.45, 7) is 1.28. The maximum Gasteiger partial charge on any atom is 0.193 e. The van der Waals surface area contributed by atoms with E-state index in [-0.39, 0.29) is 24.0 Å². The summed E-state index contributed by atoms with van der Waals surface area (Å²) in [5, 5.41) is 2.99. The molecule has 114 valence electrons. The van der Waals surface area contributed by atoms with Gasteiger partial charge < -0.3 is 25.3 Å². The summed E-state index contributed by atoms with van der Waals surface area (Å²) in [5.41, 5.74) is 6.52. The van der Waals surface area contributed by atoms with Crippen LogP contribution in [0.4, 0.5) is 5.69 Å². The van der Waals surface area contributed by atoms with E-state index in [9.17, 15) is 0 Å². The molecule has 0 saturated carbocycles. The van der Waals surface area contributed by atoms with Crippen molar-refractivity contribution >= 4 is 35.6 Å². The van der Waals surface area contributed by atoms with E-state index >= 15 is 0 Å². The highest BCUT2D eigenvalue weighted by Gasteiger charge is 2.05. The molecule has 0 spiro atoms. The monoisotopic (exact) mass is 395 g/mol. The summed E-state index contributed by atoms with van der Waals surface area (Å²) in [4.78, 5) is 4.19. The Bertz CT molecular complexity index is 427. The van der Waals surface area contributed by atoms with Gasteiger partial charge in [0, 0.05) is 26.3 Å². The average Bonchev–Trinajstić information content (AvgIpc) is 2.43.